The van der Waals surface area contributed by atoms with Crippen LogP contribution in [0.15, 0.2) is 28.0 Å². The minimum atomic E-state index is -4.68. The molecular weight excluding hydrogens is 244 g/mol. The zero-order valence-corrected chi connectivity index (χ0v) is 9.21. The quantitative estimate of drug-likeness (QED) is 0.741. The van der Waals surface area contributed by atoms with Gasteiger partial charge < -0.3 is 0 Å². The van der Waals surface area contributed by atoms with Gasteiger partial charge in [-0.3, -0.25) is 9.11 Å². The van der Waals surface area contributed by atoms with Crippen LogP contribution in [0.4, 0.5) is 0 Å². The van der Waals surface area contributed by atoms with Gasteiger partial charge in [0.15, 0.2) is 0 Å². The van der Waals surface area contributed by atoms with Crippen molar-refractivity contribution in [2.24, 2.45) is 0 Å². The summed E-state index contributed by atoms with van der Waals surface area (Å²) in [7, 11) is -9.35. The summed E-state index contributed by atoms with van der Waals surface area (Å²) in [4.78, 5) is -1.67. The molecule has 8 heteroatoms. The molecule has 6 nitrogen and oxygen atoms in total. The third-order valence-corrected chi connectivity index (χ3v) is 3.59. The molecule has 0 saturated heterocycles. The molecule has 0 heterocycles. The summed E-state index contributed by atoms with van der Waals surface area (Å²) in [6, 6.07) is 3.17. The lowest BCUT2D eigenvalue weighted by atomic mass is 10.2. The predicted octanol–water partition coefficient (Wildman–Crippen LogP) is 0.488. The van der Waals surface area contributed by atoms with E-state index < -0.39 is 30.0 Å². The lowest BCUT2D eigenvalue weighted by molar-refractivity contribution is 0.466. The highest BCUT2D eigenvalue weighted by molar-refractivity contribution is 7.89. The largest absolute Gasteiger partial charge is 0.295 e. The lowest BCUT2D eigenvalue weighted by Gasteiger charge is -2.04. The van der Waals surface area contributed by atoms with Crippen molar-refractivity contribution < 1.29 is 25.9 Å². The van der Waals surface area contributed by atoms with Gasteiger partial charge in [-0.25, -0.2) is 0 Å². The van der Waals surface area contributed by atoms with Crippen molar-refractivity contribution in [3.63, 3.8) is 0 Å². The van der Waals surface area contributed by atoms with Crippen molar-refractivity contribution in [3.8, 4) is 0 Å². The Morgan fingerprint density at radius 1 is 0.933 bits per heavy atom. The van der Waals surface area contributed by atoms with Crippen LogP contribution in [0.1, 0.15) is 5.56 Å². The number of benzene rings is 1. The normalized spacial score (nSPS) is 12.7. The van der Waals surface area contributed by atoms with Gasteiger partial charge in [0.1, 0.15) is 9.79 Å². The maximum absolute atomic E-state index is 10.8. The van der Waals surface area contributed by atoms with Gasteiger partial charge in [-0.15, -0.1) is 0 Å². The summed E-state index contributed by atoms with van der Waals surface area (Å²) >= 11 is 0. The van der Waals surface area contributed by atoms with Crippen molar-refractivity contribution in [1.82, 2.24) is 0 Å². The standard InChI is InChI=1S/C7H8O6S2/c1-5-2-3-6(14(8,9)10)7(4-5)15(11,12)13/h2-4H,1H3,(H,8,9,10)(H,11,12,13). The summed E-state index contributed by atoms with van der Waals surface area (Å²) in [5.74, 6) is 0. The lowest BCUT2D eigenvalue weighted by Crippen LogP contribution is -2.08. The van der Waals surface area contributed by atoms with E-state index in [9.17, 15) is 16.8 Å². The summed E-state index contributed by atoms with van der Waals surface area (Å²) in [5.41, 5.74) is 0.440. The molecule has 0 aliphatic rings. The number of rotatable bonds is 2. The maximum Gasteiger partial charge on any atom is 0.295 e. The van der Waals surface area contributed by atoms with E-state index in [1.807, 2.05) is 0 Å². The fourth-order valence-electron chi connectivity index (χ4n) is 1.03. The van der Waals surface area contributed by atoms with Gasteiger partial charge in [-0.2, -0.15) is 16.8 Å². The van der Waals surface area contributed by atoms with Crippen molar-refractivity contribution >= 4 is 20.2 Å². The summed E-state index contributed by atoms with van der Waals surface area (Å²) in [5, 5.41) is 0. The van der Waals surface area contributed by atoms with Crippen LogP contribution in [0.2, 0.25) is 0 Å². The Labute approximate surface area is 87.1 Å². The Morgan fingerprint density at radius 2 is 1.40 bits per heavy atom. The molecular formula is C7H8O6S2. The van der Waals surface area contributed by atoms with E-state index in [0.717, 1.165) is 12.1 Å². The number of aryl methyl sites for hydroxylation is 1. The second-order valence-corrected chi connectivity index (χ2v) is 5.68. The molecule has 0 unspecified atom stereocenters. The van der Waals surface area contributed by atoms with Gasteiger partial charge in [0.25, 0.3) is 20.2 Å². The highest BCUT2D eigenvalue weighted by Crippen LogP contribution is 2.21. The molecule has 0 aliphatic heterocycles. The Kier molecular flexibility index (Phi) is 2.88. The molecule has 0 fully saturated rings. The SMILES string of the molecule is Cc1ccc(S(=O)(=O)O)c(S(=O)(=O)O)c1. The monoisotopic (exact) mass is 252 g/mol. The summed E-state index contributed by atoms with van der Waals surface area (Å²) in [6.45, 7) is 1.52. The first-order chi connectivity index (χ1) is 6.62. The number of hydrogen-bond acceptors (Lipinski definition) is 4. The van der Waals surface area contributed by atoms with Gasteiger partial charge in [0, 0.05) is 0 Å². The maximum atomic E-state index is 10.8. The van der Waals surface area contributed by atoms with Crippen LogP contribution in [-0.4, -0.2) is 25.9 Å². The van der Waals surface area contributed by atoms with E-state index in [4.69, 9.17) is 9.11 Å². The van der Waals surface area contributed by atoms with Gasteiger partial charge in [0.05, 0.1) is 0 Å². The molecule has 1 rings (SSSR count). The van der Waals surface area contributed by atoms with Crippen LogP contribution in [0.5, 0.6) is 0 Å². The topological polar surface area (TPSA) is 109 Å². The molecule has 15 heavy (non-hydrogen) atoms. The van der Waals surface area contributed by atoms with Crippen molar-refractivity contribution in [2.75, 3.05) is 0 Å². The molecule has 0 aliphatic carbocycles. The molecule has 0 saturated carbocycles. The van der Waals surface area contributed by atoms with E-state index in [2.05, 4.69) is 0 Å². The molecule has 1 aromatic carbocycles. The van der Waals surface area contributed by atoms with Gasteiger partial charge >= 0.3 is 0 Å². The minimum absolute atomic E-state index is 0.440. The highest BCUT2D eigenvalue weighted by atomic mass is 32.2. The Morgan fingerprint density at radius 3 is 1.80 bits per heavy atom. The first-order valence-electron chi connectivity index (χ1n) is 3.68. The van der Waals surface area contributed by atoms with E-state index in [1.54, 1.807) is 0 Å². The molecule has 0 radical (unpaired) electrons. The van der Waals surface area contributed by atoms with Crippen molar-refractivity contribution in [1.29, 1.82) is 0 Å². The third-order valence-electron chi connectivity index (χ3n) is 1.66. The Balaban J connectivity index is 3.71. The smallest absolute Gasteiger partial charge is 0.282 e. The van der Waals surface area contributed by atoms with Crippen LogP contribution >= 0.6 is 0 Å². The molecule has 0 spiro atoms. The van der Waals surface area contributed by atoms with Crippen LogP contribution in [0.3, 0.4) is 0 Å². The highest BCUT2D eigenvalue weighted by Gasteiger charge is 2.23. The summed E-state index contributed by atoms with van der Waals surface area (Å²) < 4.78 is 60.7. The predicted molar refractivity (Wildman–Crippen MR) is 50.8 cm³/mol. The van der Waals surface area contributed by atoms with Crippen LogP contribution < -0.4 is 0 Å². The van der Waals surface area contributed by atoms with Crippen LogP contribution in [0, 0.1) is 6.92 Å². The first kappa shape index (κ1) is 12.1. The fourth-order valence-corrected chi connectivity index (χ4v) is 2.87. The van der Waals surface area contributed by atoms with Crippen molar-refractivity contribution in [3.05, 3.63) is 23.8 Å². The Bertz CT molecular complexity index is 584. The second-order valence-electron chi connectivity index (χ2n) is 2.90. The molecule has 0 atom stereocenters. The van der Waals surface area contributed by atoms with Crippen molar-refractivity contribution in [2.45, 2.75) is 16.7 Å². The molecule has 2 N–H and O–H groups in total. The molecule has 0 bridgehead atoms. The number of hydrogen-bond donors (Lipinski definition) is 2. The van der Waals surface area contributed by atoms with E-state index >= 15 is 0 Å². The van der Waals surface area contributed by atoms with Crippen LogP contribution in [-0.2, 0) is 20.2 Å². The van der Waals surface area contributed by atoms with E-state index in [-0.39, 0.29) is 0 Å². The molecule has 0 aromatic heterocycles. The van der Waals surface area contributed by atoms with Gasteiger partial charge in [0.2, 0.25) is 0 Å². The van der Waals surface area contributed by atoms with E-state index in [1.165, 1.54) is 13.0 Å². The first-order valence-corrected chi connectivity index (χ1v) is 6.56. The minimum Gasteiger partial charge on any atom is -0.282 e. The fraction of sp³-hybridized carbons (Fsp3) is 0.143. The van der Waals surface area contributed by atoms with E-state index in [0.29, 0.717) is 5.56 Å². The third kappa shape index (κ3) is 2.75. The molecule has 0 amide bonds. The Hall–Kier alpha value is -0.960. The summed E-state index contributed by atoms with van der Waals surface area (Å²) in [6.07, 6.45) is 0. The molecule has 1 aromatic rings. The van der Waals surface area contributed by atoms with Crippen LogP contribution in [0.25, 0.3) is 0 Å². The zero-order valence-electron chi connectivity index (χ0n) is 7.58. The average molecular weight is 252 g/mol. The van der Waals surface area contributed by atoms with Gasteiger partial charge in [-0.05, 0) is 24.6 Å². The molecule has 84 valence electrons. The zero-order chi connectivity index (χ0) is 11.9. The second kappa shape index (κ2) is 3.56. The van der Waals surface area contributed by atoms with Gasteiger partial charge in [-0.1, -0.05) is 6.07 Å². The average Bonchev–Trinajstić information content (AvgIpc) is 2.00.